The molecule has 0 saturated carbocycles. The Hall–Kier alpha value is -4.03. The van der Waals surface area contributed by atoms with Gasteiger partial charge in [0.25, 0.3) is 5.69 Å². The molecule has 0 aromatic heterocycles. The summed E-state index contributed by atoms with van der Waals surface area (Å²) in [5.41, 5.74) is 3.12. The first kappa shape index (κ1) is 23.1. The Morgan fingerprint density at radius 2 is 1.53 bits per heavy atom. The van der Waals surface area contributed by atoms with Crippen LogP contribution in [-0.2, 0) is 6.61 Å². The van der Waals surface area contributed by atoms with Crippen LogP contribution in [0.1, 0.15) is 5.56 Å². The Morgan fingerprint density at radius 1 is 0.824 bits per heavy atom. The van der Waals surface area contributed by atoms with E-state index in [-0.39, 0.29) is 22.9 Å². The van der Waals surface area contributed by atoms with Crippen LogP contribution in [0.15, 0.2) is 84.9 Å². The minimum Gasteiger partial charge on any atom is -0.497 e. The van der Waals surface area contributed by atoms with E-state index in [1.54, 1.807) is 32.4 Å². The predicted octanol–water partition coefficient (Wildman–Crippen LogP) is 7.18. The Bertz CT molecular complexity index is 1310. The number of hydrogen-bond acceptors (Lipinski definition) is 5. The van der Waals surface area contributed by atoms with E-state index in [9.17, 15) is 10.1 Å². The minimum absolute atomic E-state index is 0.114. The van der Waals surface area contributed by atoms with Gasteiger partial charge >= 0.3 is 0 Å². The molecule has 34 heavy (non-hydrogen) atoms. The van der Waals surface area contributed by atoms with E-state index in [2.05, 4.69) is 0 Å². The molecule has 0 N–H and O–H groups in total. The van der Waals surface area contributed by atoms with Gasteiger partial charge < -0.3 is 14.2 Å². The molecule has 0 aliphatic carbocycles. The van der Waals surface area contributed by atoms with Gasteiger partial charge in [-0.3, -0.25) is 10.1 Å². The first-order chi connectivity index (χ1) is 16.5. The maximum atomic E-state index is 12.0. The van der Waals surface area contributed by atoms with Gasteiger partial charge in [-0.15, -0.1) is 0 Å². The third kappa shape index (κ3) is 4.82. The third-order valence-corrected chi connectivity index (χ3v) is 5.70. The van der Waals surface area contributed by atoms with Crippen molar-refractivity contribution in [1.29, 1.82) is 0 Å². The molecule has 0 bridgehead atoms. The van der Waals surface area contributed by atoms with Crippen molar-refractivity contribution in [3.63, 3.8) is 0 Å². The fourth-order valence-corrected chi connectivity index (χ4v) is 3.99. The highest BCUT2D eigenvalue weighted by Gasteiger charge is 2.26. The van der Waals surface area contributed by atoms with Crippen molar-refractivity contribution in [2.24, 2.45) is 0 Å². The molecular weight excluding hydrogens is 454 g/mol. The van der Waals surface area contributed by atoms with Crippen molar-refractivity contribution in [2.45, 2.75) is 6.61 Å². The monoisotopic (exact) mass is 475 g/mol. The molecule has 0 spiro atoms. The molecule has 0 saturated heterocycles. The fraction of sp³-hybridized carbons (Fsp3) is 0.111. The van der Waals surface area contributed by atoms with Crippen LogP contribution in [0.3, 0.4) is 0 Å². The molecule has 0 amide bonds. The quantitative estimate of drug-likeness (QED) is 0.199. The van der Waals surface area contributed by atoms with Crippen LogP contribution in [0, 0.1) is 10.1 Å². The van der Waals surface area contributed by atoms with Crippen molar-refractivity contribution >= 4 is 17.3 Å². The highest BCUT2D eigenvalue weighted by atomic mass is 35.5. The SMILES string of the molecule is COc1ccc(-c2cc(OC)cc(OCc3ccccc3)c2-c2c(Cl)cccc2[N+](=O)[O-])cc1. The van der Waals surface area contributed by atoms with Crippen LogP contribution in [0.4, 0.5) is 5.69 Å². The van der Waals surface area contributed by atoms with Gasteiger partial charge in [0.2, 0.25) is 0 Å². The van der Waals surface area contributed by atoms with Gasteiger partial charge in [0.1, 0.15) is 23.9 Å². The zero-order valence-electron chi connectivity index (χ0n) is 18.7. The van der Waals surface area contributed by atoms with E-state index >= 15 is 0 Å². The molecule has 4 aromatic carbocycles. The van der Waals surface area contributed by atoms with E-state index in [0.29, 0.717) is 28.4 Å². The number of methoxy groups -OCH3 is 2. The number of nitro benzene ring substituents is 1. The van der Waals surface area contributed by atoms with Crippen molar-refractivity contribution in [2.75, 3.05) is 14.2 Å². The first-order valence-electron chi connectivity index (χ1n) is 10.5. The number of nitro groups is 1. The van der Waals surface area contributed by atoms with E-state index in [0.717, 1.165) is 11.1 Å². The molecular formula is C27H22ClNO5. The number of benzene rings is 4. The van der Waals surface area contributed by atoms with Crippen LogP contribution in [0.5, 0.6) is 17.2 Å². The van der Waals surface area contributed by atoms with E-state index in [4.69, 9.17) is 25.8 Å². The summed E-state index contributed by atoms with van der Waals surface area (Å²) in [6.45, 7) is 0.265. The first-order valence-corrected chi connectivity index (χ1v) is 10.9. The van der Waals surface area contributed by atoms with Gasteiger partial charge in [-0.25, -0.2) is 0 Å². The Balaban J connectivity index is 1.98. The summed E-state index contributed by atoms with van der Waals surface area (Å²) in [6.07, 6.45) is 0. The van der Waals surface area contributed by atoms with Gasteiger partial charge in [-0.2, -0.15) is 0 Å². The highest BCUT2D eigenvalue weighted by molar-refractivity contribution is 6.34. The number of rotatable bonds is 8. The highest BCUT2D eigenvalue weighted by Crippen LogP contribution is 2.48. The average Bonchev–Trinajstić information content (AvgIpc) is 2.87. The molecule has 6 nitrogen and oxygen atoms in total. The molecule has 7 heteroatoms. The maximum Gasteiger partial charge on any atom is 0.278 e. The summed E-state index contributed by atoms with van der Waals surface area (Å²) in [7, 11) is 3.15. The average molecular weight is 476 g/mol. The zero-order valence-corrected chi connectivity index (χ0v) is 19.4. The maximum absolute atomic E-state index is 12.0. The molecule has 0 aliphatic heterocycles. The molecule has 4 rings (SSSR count). The largest absolute Gasteiger partial charge is 0.497 e. The summed E-state index contributed by atoms with van der Waals surface area (Å²) >= 11 is 6.57. The second kappa shape index (κ2) is 10.3. The Kier molecular flexibility index (Phi) is 6.99. The van der Waals surface area contributed by atoms with Gasteiger partial charge in [0, 0.05) is 17.7 Å². The lowest BCUT2D eigenvalue weighted by Crippen LogP contribution is -2.01. The normalized spacial score (nSPS) is 10.6. The molecule has 4 aromatic rings. The smallest absolute Gasteiger partial charge is 0.278 e. The zero-order chi connectivity index (χ0) is 24.1. The summed E-state index contributed by atoms with van der Waals surface area (Å²) in [6, 6.07) is 25.2. The van der Waals surface area contributed by atoms with Gasteiger partial charge in [-0.1, -0.05) is 60.1 Å². The third-order valence-electron chi connectivity index (χ3n) is 5.39. The predicted molar refractivity (Wildman–Crippen MR) is 133 cm³/mol. The summed E-state index contributed by atoms with van der Waals surface area (Å²) in [5.74, 6) is 1.66. The van der Waals surface area contributed by atoms with Crippen LogP contribution < -0.4 is 14.2 Å². The Labute approximate surface area is 202 Å². The molecule has 0 atom stereocenters. The second-order valence-corrected chi connectivity index (χ2v) is 7.85. The lowest BCUT2D eigenvalue weighted by atomic mass is 9.92. The van der Waals surface area contributed by atoms with Crippen molar-refractivity contribution in [3.05, 3.63) is 106 Å². The summed E-state index contributed by atoms with van der Waals surface area (Å²) in [5, 5.41) is 12.2. The van der Waals surface area contributed by atoms with Gasteiger partial charge in [-0.05, 0) is 41.0 Å². The van der Waals surface area contributed by atoms with Crippen LogP contribution in [0.2, 0.25) is 5.02 Å². The van der Waals surface area contributed by atoms with E-state index < -0.39 is 4.92 Å². The minimum atomic E-state index is -0.440. The van der Waals surface area contributed by atoms with Crippen LogP contribution in [0.25, 0.3) is 22.3 Å². The van der Waals surface area contributed by atoms with Crippen LogP contribution >= 0.6 is 11.6 Å². The molecule has 0 radical (unpaired) electrons. The lowest BCUT2D eigenvalue weighted by molar-refractivity contribution is -0.384. The number of nitrogens with zero attached hydrogens (tertiary/aromatic N) is 1. The number of ether oxygens (including phenoxy) is 3. The molecule has 0 fully saturated rings. The molecule has 172 valence electrons. The van der Waals surface area contributed by atoms with Gasteiger partial charge in [0.05, 0.1) is 29.7 Å². The summed E-state index contributed by atoms with van der Waals surface area (Å²) in [4.78, 5) is 11.5. The number of hydrogen-bond donors (Lipinski definition) is 0. The van der Waals surface area contributed by atoms with Crippen molar-refractivity contribution in [1.82, 2.24) is 0 Å². The second-order valence-electron chi connectivity index (χ2n) is 7.44. The fourth-order valence-electron chi connectivity index (χ4n) is 3.73. The van der Waals surface area contributed by atoms with E-state index in [1.807, 2.05) is 60.7 Å². The van der Waals surface area contributed by atoms with Crippen molar-refractivity contribution in [3.8, 4) is 39.5 Å². The molecule has 0 unspecified atom stereocenters. The summed E-state index contributed by atoms with van der Waals surface area (Å²) < 4.78 is 17.1. The van der Waals surface area contributed by atoms with Crippen molar-refractivity contribution < 1.29 is 19.1 Å². The van der Waals surface area contributed by atoms with E-state index in [1.165, 1.54) is 6.07 Å². The Morgan fingerprint density at radius 3 is 2.18 bits per heavy atom. The number of halogens is 1. The topological polar surface area (TPSA) is 70.8 Å². The molecule has 0 heterocycles. The standard InChI is InChI=1S/C27H22ClNO5/c1-32-20-13-11-19(12-14-20)22-15-21(33-2)16-25(34-17-18-7-4-3-5-8-18)26(22)27-23(28)9-6-10-24(27)29(30)31/h3-16H,17H2,1-2H3. The molecule has 0 aliphatic rings. The van der Waals surface area contributed by atoms with Crippen LogP contribution in [-0.4, -0.2) is 19.1 Å². The lowest BCUT2D eigenvalue weighted by Gasteiger charge is -2.19. The van der Waals surface area contributed by atoms with Gasteiger partial charge in [0.15, 0.2) is 0 Å².